The number of carbonyl (C=O) groups is 2. The second kappa shape index (κ2) is 15.1. The van der Waals surface area contributed by atoms with Gasteiger partial charge in [-0.3, -0.25) is 9.89 Å². The highest BCUT2D eigenvalue weighted by Gasteiger charge is 2.38. The van der Waals surface area contributed by atoms with E-state index in [1.807, 2.05) is 13.0 Å². The predicted molar refractivity (Wildman–Crippen MR) is 144 cm³/mol. The van der Waals surface area contributed by atoms with Crippen LogP contribution < -0.4 is 14.8 Å². The van der Waals surface area contributed by atoms with Gasteiger partial charge in [-0.25, -0.2) is 9.59 Å². The van der Waals surface area contributed by atoms with Crippen molar-refractivity contribution in [3.8, 4) is 11.5 Å². The van der Waals surface area contributed by atoms with E-state index in [0.29, 0.717) is 19.8 Å². The van der Waals surface area contributed by atoms with Gasteiger partial charge in [0.1, 0.15) is 0 Å². The van der Waals surface area contributed by atoms with E-state index in [-0.39, 0.29) is 12.4 Å². The molecule has 0 aromatic heterocycles. The lowest BCUT2D eigenvalue weighted by Crippen LogP contribution is -2.50. The normalized spacial score (nSPS) is 15.2. The largest absolute Gasteiger partial charge is 0.490 e. The molecule has 0 radical (unpaired) electrons. The lowest BCUT2D eigenvalue weighted by Gasteiger charge is -2.36. The number of alkyl halides is 3. The SMILES string of the molecule is CCOCCCN=C(Nc1ccc(C(=O)O)cc1)N1CCN(Cc2ccc3c(c2)OCO3)CC1.O=C(O)C(F)(F)F. The Morgan fingerprint density at radius 3 is 2.29 bits per heavy atom. The van der Waals surface area contributed by atoms with Crippen molar-refractivity contribution in [1.82, 2.24) is 9.80 Å². The number of carboxylic acids is 2. The number of benzene rings is 2. The summed E-state index contributed by atoms with van der Waals surface area (Å²) in [5.41, 5.74) is 2.29. The summed E-state index contributed by atoms with van der Waals surface area (Å²) in [6.45, 7) is 8.68. The maximum absolute atomic E-state index is 11.1. The Hall–Kier alpha value is -4.04. The van der Waals surface area contributed by atoms with Crippen LogP contribution in [-0.2, 0) is 16.1 Å². The number of carboxylic acid groups (broad SMARTS) is 2. The van der Waals surface area contributed by atoms with Crippen LogP contribution in [-0.4, -0.2) is 96.8 Å². The van der Waals surface area contributed by atoms with E-state index >= 15 is 0 Å². The first-order valence-electron chi connectivity index (χ1n) is 12.9. The number of hydrogen-bond acceptors (Lipinski definition) is 7. The summed E-state index contributed by atoms with van der Waals surface area (Å²) in [6, 6.07) is 12.9. The van der Waals surface area contributed by atoms with Gasteiger partial charge in [0.25, 0.3) is 0 Å². The fourth-order valence-electron chi connectivity index (χ4n) is 3.96. The zero-order valence-electron chi connectivity index (χ0n) is 22.5. The van der Waals surface area contributed by atoms with E-state index in [2.05, 4.69) is 27.2 Å². The Labute approximate surface area is 235 Å². The molecule has 41 heavy (non-hydrogen) atoms. The molecule has 11 nitrogen and oxygen atoms in total. The van der Waals surface area contributed by atoms with Crippen molar-refractivity contribution >= 4 is 23.6 Å². The van der Waals surface area contributed by atoms with Crippen LogP contribution in [0, 0.1) is 0 Å². The standard InChI is InChI=1S/C25H32N4O5.C2HF3O2/c1-2-32-15-3-10-26-25(27-21-7-5-20(6-8-21)24(30)31)29-13-11-28(12-14-29)17-19-4-9-22-23(16-19)34-18-33-22;3-2(4,5)1(6)7/h4-9,16H,2-3,10-15,17-18H2,1H3,(H,26,27)(H,30,31);(H,6,7). The molecule has 1 saturated heterocycles. The summed E-state index contributed by atoms with van der Waals surface area (Å²) in [5, 5.41) is 19.7. The summed E-state index contributed by atoms with van der Waals surface area (Å²) in [7, 11) is 0. The summed E-state index contributed by atoms with van der Waals surface area (Å²) in [6.07, 6.45) is -4.24. The fraction of sp³-hybridized carbons (Fsp3) is 0.444. The van der Waals surface area contributed by atoms with Crippen molar-refractivity contribution in [2.24, 2.45) is 4.99 Å². The molecular formula is C27H33F3N4O7. The molecule has 2 aromatic carbocycles. The third-order valence-corrected chi connectivity index (χ3v) is 6.06. The third-order valence-electron chi connectivity index (χ3n) is 6.06. The average Bonchev–Trinajstić information content (AvgIpc) is 3.41. The number of piperazine rings is 1. The van der Waals surface area contributed by atoms with E-state index < -0.39 is 18.1 Å². The Bertz CT molecular complexity index is 1180. The number of nitrogens with zero attached hydrogens (tertiary/aromatic N) is 3. The second-order valence-corrected chi connectivity index (χ2v) is 9.02. The zero-order valence-corrected chi connectivity index (χ0v) is 22.5. The number of fused-ring (bicyclic) bond motifs is 1. The van der Waals surface area contributed by atoms with Gasteiger partial charge in [-0.2, -0.15) is 13.2 Å². The van der Waals surface area contributed by atoms with E-state index in [9.17, 15) is 18.0 Å². The number of rotatable bonds is 9. The van der Waals surface area contributed by atoms with E-state index in [1.54, 1.807) is 24.3 Å². The van der Waals surface area contributed by atoms with Gasteiger partial charge in [-0.1, -0.05) is 6.07 Å². The number of halogens is 3. The van der Waals surface area contributed by atoms with Crippen LogP contribution in [0.3, 0.4) is 0 Å². The molecule has 0 unspecified atom stereocenters. The summed E-state index contributed by atoms with van der Waals surface area (Å²) in [4.78, 5) is 29.5. The van der Waals surface area contributed by atoms with Gasteiger partial charge in [0.05, 0.1) is 5.56 Å². The lowest BCUT2D eigenvalue weighted by atomic mass is 10.1. The minimum absolute atomic E-state index is 0.262. The molecule has 14 heteroatoms. The molecule has 224 valence electrons. The minimum atomic E-state index is -5.08. The van der Waals surface area contributed by atoms with Gasteiger partial charge in [0.15, 0.2) is 17.5 Å². The van der Waals surface area contributed by atoms with Crippen LogP contribution in [0.4, 0.5) is 18.9 Å². The molecule has 2 aromatic rings. The number of guanidine groups is 1. The van der Waals surface area contributed by atoms with Gasteiger partial charge in [-0.05, 0) is 55.3 Å². The predicted octanol–water partition coefficient (Wildman–Crippen LogP) is 3.76. The maximum Gasteiger partial charge on any atom is 0.490 e. The number of aliphatic imine (C=N–C) groups is 1. The van der Waals surface area contributed by atoms with Crippen LogP contribution in [0.25, 0.3) is 0 Å². The molecule has 0 spiro atoms. The van der Waals surface area contributed by atoms with E-state index in [1.165, 1.54) is 5.56 Å². The average molecular weight is 583 g/mol. The first-order chi connectivity index (χ1) is 19.6. The topological polar surface area (TPSA) is 133 Å². The quantitative estimate of drug-likeness (QED) is 0.228. The van der Waals surface area contributed by atoms with Crippen molar-refractivity contribution in [3.63, 3.8) is 0 Å². The maximum atomic E-state index is 11.1. The number of hydrogen-bond donors (Lipinski definition) is 3. The molecule has 1 fully saturated rings. The second-order valence-electron chi connectivity index (χ2n) is 9.02. The van der Waals surface area contributed by atoms with Crippen molar-refractivity contribution in [1.29, 1.82) is 0 Å². The molecule has 0 amide bonds. The van der Waals surface area contributed by atoms with Crippen molar-refractivity contribution in [2.45, 2.75) is 26.1 Å². The molecule has 0 saturated carbocycles. The molecule has 2 heterocycles. The van der Waals surface area contributed by atoms with Crippen LogP contribution in [0.15, 0.2) is 47.5 Å². The summed E-state index contributed by atoms with van der Waals surface area (Å²) >= 11 is 0. The molecule has 3 N–H and O–H groups in total. The number of aromatic carboxylic acids is 1. The van der Waals surface area contributed by atoms with Crippen LogP contribution in [0.1, 0.15) is 29.3 Å². The number of ether oxygens (including phenoxy) is 3. The highest BCUT2D eigenvalue weighted by atomic mass is 19.4. The lowest BCUT2D eigenvalue weighted by molar-refractivity contribution is -0.192. The molecule has 4 rings (SSSR count). The highest BCUT2D eigenvalue weighted by Crippen LogP contribution is 2.32. The van der Waals surface area contributed by atoms with Crippen LogP contribution in [0.2, 0.25) is 0 Å². The van der Waals surface area contributed by atoms with E-state index in [0.717, 1.165) is 62.3 Å². The molecule has 2 aliphatic rings. The van der Waals surface area contributed by atoms with Gasteiger partial charge in [-0.15, -0.1) is 0 Å². The summed E-state index contributed by atoms with van der Waals surface area (Å²) in [5.74, 6) is -1.26. The van der Waals surface area contributed by atoms with Crippen molar-refractivity contribution < 1.29 is 47.2 Å². The summed E-state index contributed by atoms with van der Waals surface area (Å²) < 4.78 is 48.1. The molecule has 0 atom stereocenters. The van der Waals surface area contributed by atoms with E-state index in [4.69, 9.17) is 34.2 Å². The minimum Gasteiger partial charge on any atom is -0.478 e. The van der Waals surface area contributed by atoms with Crippen LogP contribution >= 0.6 is 0 Å². The third kappa shape index (κ3) is 10.1. The van der Waals surface area contributed by atoms with Crippen LogP contribution in [0.5, 0.6) is 11.5 Å². The number of aliphatic carboxylic acids is 1. The Morgan fingerprint density at radius 1 is 1.02 bits per heavy atom. The smallest absolute Gasteiger partial charge is 0.478 e. The highest BCUT2D eigenvalue weighted by molar-refractivity contribution is 5.94. The molecule has 0 aliphatic carbocycles. The number of nitrogens with one attached hydrogen (secondary N) is 1. The zero-order chi connectivity index (χ0) is 29.8. The van der Waals surface area contributed by atoms with Gasteiger partial charge < -0.3 is 34.6 Å². The molecule has 0 bridgehead atoms. The fourth-order valence-corrected chi connectivity index (χ4v) is 3.96. The molecular weight excluding hydrogens is 549 g/mol. The Balaban J connectivity index is 0.000000587. The van der Waals surface area contributed by atoms with Gasteiger partial charge >= 0.3 is 18.1 Å². The Kier molecular flexibility index (Phi) is 11.6. The first kappa shape index (κ1) is 31.5. The van der Waals surface area contributed by atoms with Gasteiger partial charge in [0.2, 0.25) is 6.79 Å². The first-order valence-corrected chi connectivity index (χ1v) is 12.9. The monoisotopic (exact) mass is 582 g/mol. The van der Waals surface area contributed by atoms with Crippen molar-refractivity contribution in [2.75, 3.05) is 58.0 Å². The van der Waals surface area contributed by atoms with Crippen molar-refractivity contribution in [3.05, 3.63) is 53.6 Å². The van der Waals surface area contributed by atoms with Gasteiger partial charge in [0, 0.05) is 58.2 Å². The molecule has 2 aliphatic heterocycles. The number of anilines is 1. The Morgan fingerprint density at radius 2 is 1.68 bits per heavy atom.